The van der Waals surface area contributed by atoms with E-state index in [0.717, 1.165) is 22.9 Å². The maximum atomic E-state index is 12.0. The maximum Gasteiger partial charge on any atom is 0.234 e. The maximum absolute atomic E-state index is 12.0. The normalized spacial score (nSPS) is 10.5. The van der Waals surface area contributed by atoms with E-state index in [1.807, 2.05) is 62.4 Å². The molecule has 2 aromatic carbocycles. The van der Waals surface area contributed by atoms with E-state index in [2.05, 4.69) is 5.32 Å². The van der Waals surface area contributed by atoms with Gasteiger partial charge < -0.3 is 14.8 Å². The van der Waals surface area contributed by atoms with Gasteiger partial charge in [0.05, 0.1) is 19.0 Å². The predicted octanol–water partition coefficient (Wildman–Crippen LogP) is 4.35. The van der Waals surface area contributed by atoms with E-state index in [1.54, 1.807) is 18.9 Å². The number of benzene rings is 2. The number of carbonyl (C=O) groups is 1. The Kier molecular flexibility index (Phi) is 7.00. The highest BCUT2D eigenvalue weighted by Crippen LogP contribution is 2.20. The highest BCUT2D eigenvalue weighted by molar-refractivity contribution is 7.99. The molecular weight excluding hydrogens is 322 g/mol. The second-order valence-electron chi connectivity index (χ2n) is 5.58. The van der Waals surface area contributed by atoms with Crippen LogP contribution in [0.4, 0.5) is 5.69 Å². The summed E-state index contributed by atoms with van der Waals surface area (Å²) >= 11 is 1.58. The summed E-state index contributed by atoms with van der Waals surface area (Å²) < 4.78 is 10.8. The van der Waals surface area contributed by atoms with E-state index >= 15 is 0 Å². The van der Waals surface area contributed by atoms with Gasteiger partial charge in [-0.15, -0.1) is 11.8 Å². The van der Waals surface area contributed by atoms with Crippen molar-refractivity contribution in [3.8, 4) is 11.5 Å². The molecule has 0 saturated heterocycles. The zero-order valence-corrected chi connectivity index (χ0v) is 15.1. The molecule has 2 aromatic rings. The predicted molar refractivity (Wildman–Crippen MR) is 100.0 cm³/mol. The first-order chi connectivity index (χ1) is 11.6. The van der Waals surface area contributed by atoms with Crippen LogP contribution in [0, 0.1) is 0 Å². The smallest absolute Gasteiger partial charge is 0.234 e. The van der Waals surface area contributed by atoms with Crippen LogP contribution in [0.25, 0.3) is 0 Å². The molecule has 0 fully saturated rings. The van der Waals surface area contributed by atoms with Gasteiger partial charge >= 0.3 is 0 Å². The van der Waals surface area contributed by atoms with Gasteiger partial charge in [0, 0.05) is 17.5 Å². The molecule has 0 aliphatic rings. The van der Waals surface area contributed by atoms with Gasteiger partial charge in [0.15, 0.2) is 0 Å². The molecule has 1 amide bonds. The molecule has 2 rings (SSSR count). The second-order valence-corrected chi connectivity index (χ2v) is 6.57. The number of amides is 1. The van der Waals surface area contributed by atoms with Crippen molar-refractivity contribution >= 4 is 23.4 Å². The third-order valence-electron chi connectivity index (χ3n) is 3.15. The Bertz CT molecular complexity index is 656. The largest absolute Gasteiger partial charge is 0.497 e. The van der Waals surface area contributed by atoms with Crippen LogP contribution < -0.4 is 14.8 Å². The summed E-state index contributed by atoms with van der Waals surface area (Å²) in [6.45, 7) is 3.95. The number of anilines is 1. The molecule has 24 heavy (non-hydrogen) atoms. The third kappa shape index (κ3) is 6.16. The average molecular weight is 345 g/mol. The second kappa shape index (κ2) is 9.23. The van der Waals surface area contributed by atoms with Crippen molar-refractivity contribution < 1.29 is 14.3 Å². The molecular formula is C19H23NO3S. The highest BCUT2D eigenvalue weighted by atomic mass is 32.2. The summed E-state index contributed by atoms with van der Waals surface area (Å²) in [5.41, 5.74) is 1.92. The number of rotatable bonds is 8. The van der Waals surface area contributed by atoms with E-state index in [1.165, 1.54) is 5.56 Å². The van der Waals surface area contributed by atoms with Crippen LogP contribution in [-0.2, 0) is 10.5 Å². The van der Waals surface area contributed by atoms with Gasteiger partial charge in [-0.3, -0.25) is 4.79 Å². The lowest BCUT2D eigenvalue weighted by molar-refractivity contribution is -0.113. The Morgan fingerprint density at radius 3 is 2.54 bits per heavy atom. The summed E-state index contributed by atoms with van der Waals surface area (Å²) in [6, 6.07) is 15.3. The summed E-state index contributed by atoms with van der Waals surface area (Å²) in [7, 11) is 1.65. The molecule has 0 unspecified atom stereocenters. The van der Waals surface area contributed by atoms with Gasteiger partial charge in [0.1, 0.15) is 11.5 Å². The number of ether oxygens (including phenoxy) is 2. The Morgan fingerprint density at radius 1 is 1.12 bits per heavy atom. The highest BCUT2D eigenvalue weighted by Gasteiger charge is 2.05. The van der Waals surface area contributed by atoms with E-state index in [9.17, 15) is 4.79 Å². The van der Waals surface area contributed by atoms with Gasteiger partial charge in [-0.2, -0.15) is 0 Å². The quantitative estimate of drug-likeness (QED) is 0.772. The lowest BCUT2D eigenvalue weighted by atomic mass is 10.2. The first kappa shape index (κ1) is 18.2. The fourth-order valence-corrected chi connectivity index (χ4v) is 2.89. The third-order valence-corrected chi connectivity index (χ3v) is 4.15. The van der Waals surface area contributed by atoms with Crippen molar-refractivity contribution in [2.75, 3.05) is 18.2 Å². The number of carbonyl (C=O) groups excluding carboxylic acids is 1. The topological polar surface area (TPSA) is 47.6 Å². The number of hydrogen-bond donors (Lipinski definition) is 1. The van der Waals surface area contributed by atoms with Crippen LogP contribution in [-0.4, -0.2) is 24.9 Å². The number of thioether (sulfide) groups is 1. The molecule has 5 heteroatoms. The van der Waals surface area contributed by atoms with Crippen molar-refractivity contribution in [1.82, 2.24) is 0 Å². The van der Waals surface area contributed by atoms with Gasteiger partial charge in [-0.1, -0.05) is 18.2 Å². The fraction of sp³-hybridized carbons (Fsp3) is 0.316. The summed E-state index contributed by atoms with van der Waals surface area (Å²) in [4.78, 5) is 12.0. The zero-order valence-electron chi connectivity index (χ0n) is 14.2. The van der Waals surface area contributed by atoms with Gasteiger partial charge in [-0.05, 0) is 43.7 Å². The van der Waals surface area contributed by atoms with Crippen LogP contribution in [0.5, 0.6) is 11.5 Å². The average Bonchev–Trinajstić information content (AvgIpc) is 2.55. The van der Waals surface area contributed by atoms with Gasteiger partial charge in [-0.25, -0.2) is 0 Å². The van der Waals surface area contributed by atoms with Crippen LogP contribution >= 0.6 is 11.8 Å². The van der Waals surface area contributed by atoms with Gasteiger partial charge in [0.2, 0.25) is 5.91 Å². The Hall–Kier alpha value is -2.14. The van der Waals surface area contributed by atoms with E-state index in [-0.39, 0.29) is 12.0 Å². The van der Waals surface area contributed by atoms with Crippen LogP contribution in [0.1, 0.15) is 19.4 Å². The molecule has 4 nitrogen and oxygen atoms in total. The minimum absolute atomic E-state index is 0.0183. The minimum Gasteiger partial charge on any atom is -0.497 e. The van der Waals surface area contributed by atoms with Crippen molar-refractivity contribution in [1.29, 1.82) is 0 Å². The Morgan fingerprint density at radius 2 is 1.88 bits per heavy atom. The molecule has 0 spiro atoms. The van der Waals surface area contributed by atoms with E-state index in [4.69, 9.17) is 9.47 Å². The summed E-state index contributed by atoms with van der Waals surface area (Å²) in [5, 5.41) is 2.90. The van der Waals surface area contributed by atoms with E-state index in [0.29, 0.717) is 5.75 Å². The Labute approximate surface area is 147 Å². The zero-order chi connectivity index (χ0) is 17.4. The van der Waals surface area contributed by atoms with E-state index < -0.39 is 0 Å². The number of hydrogen-bond acceptors (Lipinski definition) is 4. The van der Waals surface area contributed by atoms with Crippen molar-refractivity contribution in [3.05, 3.63) is 54.1 Å². The summed E-state index contributed by atoms with van der Waals surface area (Å²) in [6.07, 6.45) is 0.107. The molecule has 0 atom stereocenters. The molecule has 128 valence electrons. The SMILES string of the molecule is COc1ccc(CSCC(=O)Nc2cccc(OC(C)C)c2)cc1. The Balaban J connectivity index is 1.78. The van der Waals surface area contributed by atoms with Crippen molar-refractivity contribution in [3.63, 3.8) is 0 Å². The molecule has 0 aliphatic carbocycles. The monoisotopic (exact) mass is 345 g/mol. The minimum atomic E-state index is -0.0183. The number of nitrogens with one attached hydrogen (secondary N) is 1. The first-order valence-corrected chi connectivity index (χ1v) is 8.99. The number of methoxy groups -OCH3 is 1. The van der Waals surface area contributed by atoms with Crippen LogP contribution in [0.2, 0.25) is 0 Å². The molecule has 0 radical (unpaired) electrons. The van der Waals surface area contributed by atoms with Crippen LogP contribution in [0.3, 0.4) is 0 Å². The molecule has 0 saturated carbocycles. The standard InChI is InChI=1S/C19H23NO3S/c1-14(2)23-18-6-4-5-16(11-18)20-19(21)13-24-12-15-7-9-17(22-3)10-8-15/h4-11,14H,12-13H2,1-3H3,(H,20,21). The first-order valence-electron chi connectivity index (χ1n) is 7.84. The van der Waals surface area contributed by atoms with Crippen molar-refractivity contribution in [2.45, 2.75) is 25.7 Å². The van der Waals surface area contributed by atoms with Crippen LogP contribution in [0.15, 0.2) is 48.5 Å². The summed E-state index contributed by atoms with van der Waals surface area (Å²) in [5.74, 6) is 2.77. The van der Waals surface area contributed by atoms with Crippen molar-refractivity contribution in [2.24, 2.45) is 0 Å². The van der Waals surface area contributed by atoms with Gasteiger partial charge in [0.25, 0.3) is 0 Å². The molecule has 1 N–H and O–H groups in total. The molecule has 0 aromatic heterocycles. The fourth-order valence-electron chi connectivity index (χ4n) is 2.10. The molecule has 0 aliphatic heterocycles. The lowest BCUT2D eigenvalue weighted by Crippen LogP contribution is -2.14. The molecule has 0 bridgehead atoms. The lowest BCUT2D eigenvalue weighted by Gasteiger charge is -2.11. The molecule has 0 heterocycles.